The number of hydrogen-bond donors (Lipinski definition) is 1. The highest BCUT2D eigenvalue weighted by molar-refractivity contribution is 7.90. The van der Waals surface area contributed by atoms with Gasteiger partial charge in [-0.05, 0) is 85.1 Å². The molecule has 1 aliphatic heterocycles. The molecule has 2 unspecified atom stereocenters. The Balaban J connectivity index is 1.62. The van der Waals surface area contributed by atoms with E-state index >= 15 is 0 Å². The van der Waals surface area contributed by atoms with E-state index in [1.165, 1.54) is 15.8 Å². The van der Waals surface area contributed by atoms with Gasteiger partial charge in [0.15, 0.2) is 0 Å². The minimum atomic E-state index is -3.70. The fourth-order valence-corrected chi connectivity index (χ4v) is 8.11. The number of piperazine rings is 1. The lowest BCUT2D eigenvalue weighted by Gasteiger charge is -2.45. The van der Waals surface area contributed by atoms with Crippen LogP contribution in [0.1, 0.15) is 64.3 Å². The molecule has 0 saturated carbocycles. The van der Waals surface area contributed by atoms with Crippen LogP contribution in [-0.4, -0.2) is 74.2 Å². The van der Waals surface area contributed by atoms with Crippen molar-refractivity contribution in [1.29, 1.82) is 0 Å². The summed E-state index contributed by atoms with van der Waals surface area (Å²) in [6, 6.07) is 12.4. The van der Waals surface area contributed by atoms with E-state index in [0.717, 1.165) is 28.6 Å². The molecule has 0 radical (unpaired) electrons. The molecule has 44 heavy (non-hydrogen) atoms. The molecule has 4 atom stereocenters. The zero-order valence-electron chi connectivity index (χ0n) is 27.4. The molecule has 1 amide bonds. The van der Waals surface area contributed by atoms with Crippen LogP contribution in [-0.2, 0) is 22.7 Å². The zero-order valence-corrected chi connectivity index (χ0v) is 29.2. The van der Waals surface area contributed by atoms with Crippen LogP contribution in [0.2, 0.25) is 18.1 Å². The van der Waals surface area contributed by atoms with Gasteiger partial charge in [0, 0.05) is 37.0 Å². The summed E-state index contributed by atoms with van der Waals surface area (Å²) in [7, 11) is -5.79. The summed E-state index contributed by atoms with van der Waals surface area (Å²) < 4.78 is 32.5. The smallest absolute Gasteiger partial charge is 0.407 e. The molecule has 1 aromatic heterocycles. The van der Waals surface area contributed by atoms with Crippen molar-refractivity contribution in [3.8, 4) is 5.75 Å². The van der Waals surface area contributed by atoms with Crippen LogP contribution in [0.3, 0.4) is 0 Å². The van der Waals surface area contributed by atoms with Gasteiger partial charge in [-0.15, -0.1) is 0 Å². The largest absolute Gasteiger partial charge is 0.543 e. The zero-order chi connectivity index (χ0) is 32.4. The Morgan fingerprint density at radius 2 is 1.66 bits per heavy atom. The monoisotopic (exact) mass is 638 g/mol. The van der Waals surface area contributed by atoms with Crippen LogP contribution >= 0.6 is 0 Å². The Labute approximate surface area is 262 Å². The lowest BCUT2D eigenvalue weighted by Crippen LogP contribution is -2.58. The van der Waals surface area contributed by atoms with Crippen LogP contribution in [0.25, 0.3) is 10.8 Å². The minimum absolute atomic E-state index is 0.0511. The van der Waals surface area contributed by atoms with Crippen molar-refractivity contribution in [2.75, 3.05) is 24.2 Å². The summed E-state index contributed by atoms with van der Waals surface area (Å²) >= 11 is 0. The van der Waals surface area contributed by atoms with Gasteiger partial charge in [0.1, 0.15) is 11.6 Å². The van der Waals surface area contributed by atoms with Gasteiger partial charge >= 0.3 is 6.09 Å². The number of rotatable bonds is 5. The molecule has 9 nitrogen and oxygen atoms in total. The van der Waals surface area contributed by atoms with E-state index in [0.29, 0.717) is 31.7 Å². The van der Waals surface area contributed by atoms with Crippen molar-refractivity contribution in [3.63, 3.8) is 0 Å². The quantitative estimate of drug-likeness (QED) is 0.249. The molecule has 11 heteroatoms. The molecular formula is C33H46N4O5SSi. The van der Waals surface area contributed by atoms with Gasteiger partial charge in [-0.3, -0.25) is 0 Å². The van der Waals surface area contributed by atoms with Crippen molar-refractivity contribution < 1.29 is 22.7 Å². The third kappa shape index (κ3) is 6.05. The summed E-state index contributed by atoms with van der Waals surface area (Å²) in [5.74, 6) is 1.80. The Hall–Kier alpha value is -3.18. The second-order valence-corrected chi connectivity index (χ2v) is 21.0. The van der Waals surface area contributed by atoms with Crippen LogP contribution < -0.4 is 9.33 Å². The predicted octanol–water partition coefficient (Wildman–Crippen LogP) is 6.51. The Morgan fingerprint density at radius 1 is 1.02 bits per heavy atom. The maximum atomic E-state index is 12.9. The lowest BCUT2D eigenvalue weighted by molar-refractivity contribution is 0.128. The first-order valence-corrected chi connectivity index (χ1v) is 20.2. The number of anilines is 1. The fourth-order valence-electron chi connectivity index (χ4n) is 6.56. The highest BCUT2D eigenvalue weighted by atomic mass is 32.2. The SMILES string of the molecule is CC1Cc2c(nc(S(C)(=O)=O)nc2N2[C@@H](C)CN(C(=O)O)C[C@@H]2C)CC1c1cc(O[Si](C)(C)C(C)(C)C)cc2ccccc12. The molecule has 2 heterocycles. The number of aromatic nitrogens is 2. The Kier molecular flexibility index (Phi) is 8.28. The summed E-state index contributed by atoms with van der Waals surface area (Å²) in [6.07, 6.45) is 1.44. The van der Waals surface area contributed by atoms with E-state index in [9.17, 15) is 18.3 Å². The normalized spacial score (nSPS) is 23.0. The standard InChI is InChI=1S/C33H46N4O5SSi/c1-20-14-28-29(34-31(43(7,40)41)35-30(28)37-21(2)18-36(32(38)39)19-22(37)3)17-26(20)27-16-24(42-44(8,9)33(4,5)6)15-23-12-10-11-13-25(23)27/h10-13,15-16,20-22,26H,14,17-19H2,1-9H3,(H,38,39)/t20?,21-,22-,26?/m0/s1. The average Bonchev–Trinajstić information content (AvgIpc) is 2.90. The third-order valence-corrected chi connectivity index (χ3v) is 15.1. The molecule has 2 aromatic carbocycles. The van der Waals surface area contributed by atoms with Crippen LogP contribution in [0.4, 0.5) is 10.6 Å². The molecule has 1 fully saturated rings. The molecule has 238 valence electrons. The van der Waals surface area contributed by atoms with Gasteiger partial charge in [-0.2, -0.15) is 0 Å². The number of amides is 1. The molecule has 1 aliphatic carbocycles. The van der Waals surface area contributed by atoms with Crippen LogP contribution in [0.5, 0.6) is 5.75 Å². The topological polar surface area (TPSA) is 113 Å². The number of sulfone groups is 1. The molecule has 0 spiro atoms. The van der Waals surface area contributed by atoms with E-state index in [1.54, 1.807) is 0 Å². The number of carbonyl (C=O) groups is 1. The van der Waals surface area contributed by atoms with Crippen molar-refractivity contribution in [3.05, 3.63) is 53.2 Å². The maximum absolute atomic E-state index is 12.9. The van der Waals surface area contributed by atoms with Gasteiger partial charge in [0.05, 0.1) is 5.69 Å². The second kappa shape index (κ2) is 11.3. The first-order chi connectivity index (χ1) is 20.4. The number of nitrogens with zero attached hydrogens (tertiary/aromatic N) is 4. The summed E-state index contributed by atoms with van der Waals surface area (Å²) in [5.41, 5.74) is 2.90. The van der Waals surface area contributed by atoms with E-state index < -0.39 is 24.2 Å². The molecule has 1 saturated heterocycles. The summed E-state index contributed by atoms with van der Waals surface area (Å²) in [5, 5.41) is 11.8. The van der Waals surface area contributed by atoms with Gasteiger partial charge in [0.25, 0.3) is 0 Å². The van der Waals surface area contributed by atoms with E-state index in [1.807, 2.05) is 19.9 Å². The van der Waals surface area contributed by atoms with E-state index in [4.69, 9.17) is 4.43 Å². The van der Waals surface area contributed by atoms with Gasteiger partial charge in [0.2, 0.25) is 23.3 Å². The van der Waals surface area contributed by atoms with Crippen molar-refractivity contribution in [2.45, 2.75) is 95.7 Å². The lowest BCUT2D eigenvalue weighted by atomic mass is 9.74. The van der Waals surface area contributed by atoms with Gasteiger partial charge in [-0.25, -0.2) is 23.2 Å². The Bertz CT molecular complexity index is 1690. The number of benzene rings is 2. The number of carboxylic acid groups (broad SMARTS) is 1. The fraction of sp³-hybridized carbons (Fsp3) is 0.545. The van der Waals surface area contributed by atoms with Gasteiger partial charge < -0.3 is 19.3 Å². The first kappa shape index (κ1) is 32.2. The molecule has 2 aliphatic rings. The van der Waals surface area contributed by atoms with Crippen molar-refractivity contribution in [1.82, 2.24) is 14.9 Å². The minimum Gasteiger partial charge on any atom is -0.543 e. The van der Waals surface area contributed by atoms with E-state index in [-0.39, 0.29) is 34.1 Å². The molecule has 5 rings (SSSR count). The summed E-state index contributed by atoms with van der Waals surface area (Å²) in [6.45, 7) is 18.0. The maximum Gasteiger partial charge on any atom is 0.407 e. The van der Waals surface area contributed by atoms with Gasteiger partial charge in [-0.1, -0.05) is 52.0 Å². The van der Waals surface area contributed by atoms with Crippen molar-refractivity contribution in [2.24, 2.45) is 5.92 Å². The highest BCUT2D eigenvalue weighted by Crippen LogP contribution is 2.45. The summed E-state index contributed by atoms with van der Waals surface area (Å²) in [4.78, 5) is 24.6. The molecular weight excluding hydrogens is 593 g/mol. The average molecular weight is 639 g/mol. The van der Waals surface area contributed by atoms with E-state index in [2.05, 4.69) is 86.0 Å². The first-order valence-electron chi connectivity index (χ1n) is 15.4. The third-order valence-electron chi connectivity index (χ3n) is 9.89. The second-order valence-electron chi connectivity index (χ2n) is 14.4. The number of fused-ring (bicyclic) bond motifs is 2. The molecule has 3 aromatic rings. The van der Waals surface area contributed by atoms with Crippen molar-refractivity contribution >= 4 is 40.8 Å². The van der Waals surface area contributed by atoms with Crippen LogP contribution in [0.15, 0.2) is 41.6 Å². The molecule has 1 N–H and O–H groups in total. The highest BCUT2D eigenvalue weighted by Gasteiger charge is 2.41. The Morgan fingerprint density at radius 3 is 2.25 bits per heavy atom. The molecule has 0 bridgehead atoms. The number of hydrogen-bond acceptors (Lipinski definition) is 7. The van der Waals surface area contributed by atoms with Crippen LogP contribution in [0, 0.1) is 5.92 Å². The predicted molar refractivity (Wildman–Crippen MR) is 177 cm³/mol.